The second kappa shape index (κ2) is 9.67. The second-order valence-electron chi connectivity index (χ2n) is 5.23. The zero-order valence-electron chi connectivity index (χ0n) is 12.2. The third kappa shape index (κ3) is 7.72. The SMILES string of the molecule is CCCCCCCCCCCC1=CC(N)=NN(N)N1. The number of nitrogens with zero attached hydrogens (tertiary/aromatic N) is 2. The van der Waals surface area contributed by atoms with E-state index in [1.165, 1.54) is 63.0 Å². The number of unbranched alkanes of at least 4 members (excludes halogenated alkanes) is 8. The van der Waals surface area contributed by atoms with Crippen LogP contribution in [0.5, 0.6) is 0 Å². The molecule has 1 heterocycles. The number of allylic oxidation sites excluding steroid dienone is 1. The predicted octanol–water partition coefficient (Wildman–Crippen LogP) is 2.76. The summed E-state index contributed by atoms with van der Waals surface area (Å²) in [5.74, 6) is 6.00. The van der Waals surface area contributed by atoms with Crippen LogP contribution in [-0.4, -0.2) is 11.1 Å². The van der Waals surface area contributed by atoms with E-state index in [9.17, 15) is 0 Å². The summed E-state index contributed by atoms with van der Waals surface area (Å²) in [6.07, 6.45) is 14.9. The van der Waals surface area contributed by atoms with Gasteiger partial charge in [0.05, 0.1) is 0 Å². The van der Waals surface area contributed by atoms with Crippen LogP contribution in [0.2, 0.25) is 0 Å². The van der Waals surface area contributed by atoms with Gasteiger partial charge in [-0.25, -0.2) is 5.84 Å². The van der Waals surface area contributed by atoms with Crippen molar-refractivity contribution in [2.24, 2.45) is 16.7 Å². The molecular weight excluding hydrogens is 238 g/mol. The van der Waals surface area contributed by atoms with E-state index in [2.05, 4.69) is 17.5 Å². The Balaban J connectivity index is 1.95. The maximum absolute atomic E-state index is 5.64. The summed E-state index contributed by atoms with van der Waals surface area (Å²) in [7, 11) is 0. The Morgan fingerprint density at radius 3 is 2.21 bits per heavy atom. The number of amidine groups is 1. The molecule has 0 bridgehead atoms. The Hall–Kier alpha value is -1.23. The van der Waals surface area contributed by atoms with E-state index in [4.69, 9.17) is 11.6 Å². The molecule has 0 saturated carbocycles. The molecule has 0 aromatic heterocycles. The molecular formula is C14H29N5. The molecule has 0 aromatic carbocycles. The van der Waals surface area contributed by atoms with Crippen LogP contribution < -0.4 is 17.0 Å². The number of hydrazone groups is 1. The van der Waals surface area contributed by atoms with Gasteiger partial charge in [0.25, 0.3) is 0 Å². The number of nitrogens with two attached hydrogens (primary N) is 2. The Labute approximate surface area is 117 Å². The summed E-state index contributed by atoms with van der Waals surface area (Å²) < 4.78 is 0. The summed E-state index contributed by atoms with van der Waals surface area (Å²) in [6, 6.07) is 0. The van der Waals surface area contributed by atoms with Crippen LogP contribution in [0.1, 0.15) is 71.1 Å². The lowest BCUT2D eigenvalue weighted by molar-refractivity contribution is 0.220. The average molecular weight is 267 g/mol. The lowest BCUT2D eigenvalue weighted by atomic mass is 10.1. The molecule has 5 N–H and O–H groups in total. The lowest BCUT2D eigenvalue weighted by Crippen LogP contribution is -2.43. The van der Waals surface area contributed by atoms with Gasteiger partial charge in [0.1, 0.15) is 5.84 Å². The Morgan fingerprint density at radius 2 is 1.63 bits per heavy atom. The molecule has 5 heteroatoms. The quantitative estimate of drug-likeness (QED) is 0.420. The zero-order chi connectivity index (χ0) is 13.9. The highest BCUT2D eigenvalue weighted by Gasteiger charge is 2.07. The van der Waals surface area contributed by atoms with Crippen LogP contribution in [0.4, 0.5) is 0 Å². The number of hydrogen-bond acceptors (Lipinski definition) is 5. The van der Waals surface area contributed by atoms with Gasteiger partial charge in [-0.2, -0.15) is 0 Å². The van der Waals surface area contributed by atoms with Crippen molar-refractivity contribution in [3.05, 3.63) is 11.8 Å². The van der Waals surface area contributed by atoms with Crippen LogP contribution in [0.25, 0.3) is 0 Å². The van der Waals surface area contributed by atoms with Gasteiger partial charge in [-0.15, -0.1) is 10.3 Å². The summed E-state index contributed by atoms with van der Waals surface area (Å²) >= 11 is 0. The molecule has 0 fully saturated rings. The Morgan fingerprint density at radius 1 is 1.05 bits per heavy atom. The predicted molar refractivity (Wildman–Crippen MR) is 80.7 cm³/mol. The molecule has 19 heavy (non-hydrogen) atoms. The first-order valence-electron chi connectivity index (χ1n) is 7.58. The van der Waals surface area contributed by atoms with Crippen LogP contribution in [-0.2, 0) is 0 Å². The van der Waals surface area contributed by atoms with Crippen LogP contribution in [0.15, 0.2) is 16.9 Å². The van der Waals surface area contributed by atoms with Crippen molar-refractivity contribution in [2.75, 3.05) is 0 Å². The fraction of sp³-hybridized carbons (Fsp3) is 0.786. The van der Waals surface area contributed by atoms with E-state index >= 15 is 0 Å². The zero-order valence-corrected chi connectivity index (χ0v) is 12.2. The molecule has 0 radical (unpaired) electrons. The Kier molecular flexibility index (Phi) is 8.05. The summed E-state index contributed by atoms with van der Waals surface area (Å²) in [4.78, 5) is 0. The molecule has 110 valence electrons. The highest BCUT2D eigenvalue weighted by atomic mass is 15.8. The fourth-order valence-corrected chi connectivity index (χ4v) is 2.29. The van der Waals surface area contributed by atoms with Crippen molar-refractivity contribution < 1.29 is 0 Å². The van der Waals surface area contributed by atoms with Crippen LogP contribution in [0, 0.1) is 0 Å². The number of nitrogens with one attached hydrogen (secondary N) is 1. The highest BCUT2D eigenvalue weighted by molar-refractivity contribution is 5.92. The van der Waals surface area contributed by atoms with E-state index in [1.54, 1.807) is 0 Å². The smallest absolute Gasteiger partial charge is 0.148 e. The van der Waals surface area contributed by atoms with Crippen molar-refractivity contribution >= 4 is 5.84 Å². The molecule has 0 aliphatic carbocycles. The van der Waals surface area contributed by atoms with Gasteiger partial charge in [-0.1, -0.05) is 58.3 Å². The van der Waals surface area contributed by atoms with Gasteiger partial charge < -0.3 is 5.73 Å². The third-order valence-electron chi connectivity index (χ3n) is 3.35. The van der Waals surface area contributed by atoms with Gasteiger partial charge in [0.15, 0.2) is 0 Å². The van der Waals surface area contributed by atoms with E-state index in [-0.39, 0.29) is 0 Å². The van der Waals surface area contributed by atoms with Crippen molar-refractivity contribution in [3.63, 3.8) is 0 Å². The molecule has 1 aliphatic rings. The molecule has 1 aliphatic heterocycles. The van der Waals surface area contributed by atoms with Crippen molar-refractivity contribution in [2.45, 2.75) is 71.1 Å². The summed E-state index contributed by atoms with van der Waals surface area (Å²) in [6.45, 7) is 2.26. The number of rotatable bonds is 10. The topological polar surface area (TPSA) is 79.7 Å². The maximum Gasteiger partial charge on any atom is 0.148 e. The van der Waals surface area contributed by atoms with Crippen LogP contribution in [0.3, 0.4) is 0 Å². The van der Waals surface area contributed by atoms with Gasteiger partial charge in [-0.3, -0.25) is 5.43 Å². The van der Waals surface area contributed by atoms with Gasteiger partial charge in [-0.05, 0) is 12.8 Å². The molecule has 0 unspecified atom stereocenters. The third-order valence-corrected chi connectivity index (χ3v) is 3.35. The van der Waals surface area contributed by atoms with E-state index in [0.717, 1.165) is 12.1 Å². The van der Waals surface area contributed by atoms with E-state index in [1.807, 2.05) is 6.08 Å². The molecule has 0 spiro atoms. The average Bonchev–Trinajstić information content (AvgIpc) is 2.36. The van der Waals surface area contributed by atoms with Crippen molar-refractivity contribution in [1.82, 2.24) is 10.7 Å². The maximum atomic E-state index is 5.64. The van der Waals surface area contributed by atoms with Gasteiger partial charge in [0.2, 0.25) is 0 Å². The summed E-state index contributed by atoms with van der Waals surface area (Å²) in [5, 5.41) is 5.02. The lowest BCUT2D eigenvalue weighted by Gasteiger charge is -2.21. The van der Waals surface area contributed by atoms with E-state index in [0.29, 0.717) is 5.84 Å². The number of hydrazine groups is 2. The molecule has 0 aromatic rings. The fourth-order valence-electron chi connectivity index (χ4n) is 2.29. The first kappa shape index (κ1) is 15.8. The molecule has 0 atom stereocenters. The first-order chi connectivity index (χ1) is 9.22. The number of hydrogen-bond donors (Lipinski definition) is 3. The Bertz CT molecular complexity index is 298. The molecule has 1 rings (SSSR count). The highest BCUT2D eigenvalue weighted by Crippen LogP contribution is 2.13. The van der Waals surface area contributed by atoms with Crippen molar-refractivity contribution in [3.8, 4) is 0 Å². The largest absolute Gasteiger partial charge is 0.382 e. The molecule has 5 nitrogen and oxygen atoms in total. The minimum atomic E-state index is 0.465. The van der Waals surface area contributed by atoms with Gasteiger partial charge >= 0.3 is 0 Å². The summed E-state index contributed by atoms with van der Waals surface area (Å²) in [5.41, 5.74) is 9.67. The van der Waals surface area contributed by atoms with E-state index < -0.39 is 0 Å². The first-order valence-corrected chi connectivity index (χ1v) is 7.58. The molecule has 0 saturated heterocycles. The van der Waals surface area contributed by atoms with Gasteiger partial charge in [0, 0.05) is 11.8 Å². The monoisotopic (exact) mass is 267 g/mol. The standard InChI is InChI=1S/C14H29N5/c1-2-3-4-5-6-7-8-9-10-11-13-12-14(15)18-19(16)17-13/h12,17H,2-11,16H2,1H3,(H2,15,18). The van der Waals surface area contributed by atoms with Crippen molar-refractivity contribution in [1.29, 1.82) is 0 Å². The van der Waals surface area contributed by atoms with Crippen LogP contribution >= 0.6 is 0 Å². The normalized spacial score (nSPS) is 14.9. The second-order valence-corrected chi connectivity index (χ2v) is 5.23. The molecule has 0 amide bonds. The minimum absolute atomic E-state index is 0.465. The minimum Gasteiger partial charge on any atom is -0.382 e.